The lowest BCUT2D eigenvalue weighted by atomic mass is 10.1. The van der Waals surface area contributed by atoms with E-state index in [1.807, 2.05) is 0 Å². The second kappa shape index (κ2) is 5.50. The highest BCUT2D eigenvalue weighted by molar-refractivity contribution is 7.99. The maximum atomic E-state index is 2.82. The van der Waals surface area contributed by atoms with Gasteiger partial charge in [0.1, 0.15) is 0 Å². The molecule has 0 radical (unpaired) electrons. The van der Waals surface area contributed by atoms with Crippen LogP contribution in [0.4, 0.5) is 0 Å². The van der Waals surface area contributed by atoms with Crippen molar-refractivity contribution in [3.8, 4) is 0 Å². The SMILES string of the molecule is CCSC1CCC(N2CCN3CCCC3C2)C1. The van der Waals surface area contributed by atoms with E-state index in [2.05, 4.69) is 28.5 Å². The molecule has 2 nitrogen and oxygen atoms in total. The van der Waals surface area contributed by atoms with E-state index in [4.69, 9.17) is 0 Å². The largest absolute Gasteiger partial charge is 0.298 e. The minimum Gasteiger partial charge on any atom is -0.298 e. The zero-order chi connectivity index (χ0) is 11.7. The highest BCUT2D eigenvalue weighted by Crippen LogP contribution is 2.34. The molecule has 3 unspecified atom stereocenters. The second-order valence-corrected chi connectivity index (χ2v) is 7.45. The van der Waals surface area contributed by atoms with Crippen LogP contribution < -0.4 is 0 Å². The molecule has 0 aromatic carbocycles. The van der Waals surface area contributed by atoms with E-state index in [0.717, 1.165) is 17.3 Å². The van der Waals surface area contributed by atoms with Gasteiger partial charge in [-0.05, 0) is 44.4 Å². The van der Waals surface area contributed by atoms with Crippen molar-refractivity contribution in [2.45, 2.75) is 56.4 Å². The summed E-state index contributed by atoms with van der Waals surface area (Å²) < 4.78 is 0. The summed E-state index contributed by atoms with van der Waals surface area (Å²) in [4.78, 5) is 5.55. The van der Waals surface area contributed by atoms with Crippen molar-refractivity contribution >= 4 is 11.8 Å². The summed E-state index contributed by atoms with van der Waals surface area (Å²) in [5.41, 5.74) is 0. The first-order valence-electron chi connectivity index (χ1n) is 7.46. The molecule has 1 saturated carbocycles. The van der Waals surface area contributed by atoms with Crippen LogP contribution in [0.15, 0.2) is 0 Å². The minimum absolute atomic E-state index is 0.904. The fraction of sp³-hybridized carbons (Fsp3) is 1.00. The zero-order valence-corrected chi connectivity index (χ0v) is 11.9. The molecular weight excluding hydrogens is 228 g/mol. The van der Waals surface area contributed by atoms with Crippen molar-refractivity contribution in [2.24, 2.45) is 0 Å². The molecule has 1 aliphatic carbocycles. The Morgan fingerprint density at radius 2 is 1.88 bits per heavy atom. The molecule has 0 aromatic heterocycles. The highest BCUT2D eigenvalue weighted by atomic mass is 32.2. The number of fused-ring (bicyclic) bond motifs is 1. The Labute approximate surface area is 110 Å². The fourth-order valence-electron chi connectivity index (χ4n) is 3.98. The number of piperazine rings is 1. The maximum Gasteiger partial charge on any atom is 0.0224 e. The van der Waals surface area contributed by atoms with Gasteiger partial charge in [0.15, 0.2) is 0 Å². The van der Waals surface area contributed by atoms with Gasteiger partial charge in [-0.2, -0.15) is 11.8 Å². The van der Waals surface area contributed by atoms with E-state index in [9.17, 15) is 0 Å². The molecule has 0 aromatic rings. The van der Waals surface area contributed by atoms with Crippen LogP contribution in [0.25, 0.3) is 0 Å². The quantitative estimate of drug-likeness (QED) is 0.764. The number of hydrogen-bond donors (Lipinski definition) is 0. The second-order valence-electron chi connectivity index (χ2n) is 5.87. The smallest absolute Gasteiger partial charge is 0.0224 e. The van der Waals surface area contributed by atoms with Gasteiger partial charge in [0, 0.05) is 37.0 Å². The first-order valence-corrected chi connectivity index (χ1v) is 8.51. The van der Waals surface area contributed by atoms with Crippen LogP contribution in [0.2, 0.25) is 0 Å². The van der Waals surface area contributed by atoms with Gasteiger partial charge in [0.05, 0.1) is 0 Å². The molecule has 2 heterocycles. The molecule has 0 amide bonds. The topological polar surface area (TPSA) is 6.48 Å². The molecule has 2 saturated heterocycles. The maximum absolute atomic E-state index is 2.82. The fourth-order valence-corrected chi connectivity index (χ4v) is 5.12. The first kappa shape index (κ1) is 12.3. The van der Waals surface area contributed by atoms with Gasteiger partial charge in [0.2, 0.25) is 0 Å². The van der Waals surface area contributed by atoms with Crippen LogP contribution in [-0.2, 0) is 0 Å². The van der Waals surface area contributed by atoms with Crippen molar-refractivity contribution in [1.29, 1.82) is 0 Å². The van der Waals surface area contributed by atoms with E-state index in [-0.39, 0.29) is 0 Å². The van der Waals surface area contributed by atoms with E-state index in [1.165, 1.54) is 64.0 Å². The molecular formula is C14H26N2S. The van der Waals surface area contributed by atoms with Crippen molar-refractivity contribution in [1.82, 2.24) is 9.80 Å². The van der Waals surface area contributed by atoms with E-state index < -0.39 is 0 Å². The van der Waals surface area contributed by atoms with Crippen molar-refractivity contribution < 1.29 is 0 Å². The molecule has 3 fully saturated rings. The summed E-state index contributed by atoms with van der Waals surface area (Å²) in [5, 5.41) is 0.964. The molecule has 0 spiro atoms. The van der Waals surface area contributed by atoms with Crippen LogP contribution >= 0.6 is 11.8 Å². The van der Waals surface area contributed by atoms with Crippen molar-refractivity contribution in [2.75, 3.05) is 31.9 Å². The number of hydrogen-bond acceptors (Lipinski definition) is 3. The Morgan fingerprint density at radius 1 is 1.00 bits per heavy atom. The monoisotopic (exact) mass is 254 g/mol. The van der Waals surface area contributed by atoms with E-state index in [1.54, 1.807) is 0 Å². The standard InChI is InChI=1S/C14H26N2S/c1-2-17-14-6-5-12(10-14)16-9-8-15-7-3-4-13(15)11-16/h12-14H,2-11H2,1H3. The number of rotatable bonds is 3. The summed E-state index contributed by atoms with van der Waals surface area (Å²) in [5.74, 6) is 1.30. The van der Waals surface area contributed by atoms with Crippen LogP contribution in [-0.4, -0.2) is 59.1 Å². The van der Waals surface area contributed by atoms with Gasteiger partial charge in [-0.3, -0.25) is 9.80 Å². The Balaban J connectivity index is 1.52. The van der Waals surface area contributed by atoms with Crippen molar-refractivity contribution in [3.63, 3.8) is 0 Å². The molecule has 3 atom stereocenters. The highest BCUT2D eigenvalue weighted by Gasteiger charge is 2.36. The van der Waals surface area contributed by atoms with Gasteiger partial charge >= 0.3 is 0 Å². The van der Waals surface area contributed by atoms with Gasteiger partial charge in [0.25, 0.3) is 0 Å². The molecule has 3 heteroatoms. The first-order chi connectivity index (χ1) is 8.36. The van der Waals surface area contributed by atoms with E-state index >= 15 is 0 Å². The summed E-state index contributed by atoms with van der Waals surface area (Å²) in [6.45, 7) is 7.72. The van der Waals surface area contributed by atoms with Crippen molar-refractivity contribution in [3.05, 3.63) is 0 Å². The predicted molar refractivity (Wildman–Crippen MR) is 75.7 cm³/mol. The molecule has 98 valence electrons. The van der Waals surface area contributed by atoms with Gasteiger partial charge in [-0.1, -0.05) is 6.92 Å². The normalized spacial score (nSPS) is 39.7. The van der Waals surface area contributed by atoms with Gasteiger partial charge in [-0.25, -0.2) is 0 Å². The summed E-state index contributed by atoms with van der Waals surface area (Å²) in [7, 11) is 0. The number of nitrogens with zero attached hydrogens (tertiary/aromatic N) is 2. The van der Waals surface area contributed by atoms with E-state index in [0.29, 0.717) is 0 Å². The summed E-state index contributed by atoms with van der Waals surface area (Å²) >= 11 is 2.19. The molecule has 0 N–H and O–H groups in total. The Kier molecular flexibility index (Phi) is 3.98. The van der Waals surface area contributed by atoms with Crippen LogP contribution in [0.1, 0.15) is 39.0 Å². The third-order valence-electron chi connectivity index (χ3n) is 4.89. The van der Waals surface area contributed by atoms with Gasteiger partial charge in [-0.15, -0.1) is 0 Å². The lowest BCUT2D eigenvalue weighted by Gasteiger charge is -2.40. The lowest BCUT2D eigenvalue weighted by Crippen LogP contribution is -2.52. The average molecular weight is 254 g/mol. The number of thioether (sulfide) groups is 1. The third kappa shape index (κ3) is 2.66. The lowest BCUT2D eigenvalue weighted by molar-refractivity contribution is 0.0736. The average Bonchev–Trinajstić information content (AvgIpc) is 2.96. The minimum atomic E-state index is 0.904. The van der Waals surface area contributed by atoms with Gasteiger partial charge < -0.3 is 0 Å². The molecule has 2 aliphatic heterocycles. The predicted octanol–water partition coefficient (Wildman–Crippen LogP) is 2.44. The third-order valence-corrected chi connectivity index (χ3v) is 6.13. The molecule has 17 heavy (non-hydrogen) atoms. The van der Waals surface area contributed by atoms with Crippen LogP contribution in [0, 0.1) is 0 Å². The van der Waals surface area contributed by atoms with Crippen LogP contribution in [0.3, 0.4) is 0 Å². The Bertz CT molecular complexity index is 259. The summed E-state index contributed by atoms with van der Waals surface area (Å²) in [6.07, 6.45) is 7.29. The molecule has 0 bridgehead atoms. The Hall–Kier alpha value is 0.270. The molecule has 3 aliphatic rings. The van der Waals surface area contributed by atoms with Crippen LogP contribution in [0.5, 0.6) is 0 Å². The Morgan fingerprint density at radius 3 is 2.76 bits per heavy atom. The summed E-state index contributed by atoms with van der Waals surface area (Å²) in [6, 6.07) is 1.82. The zero-order valence-electron chi connectivity index (χ0n) is 11.1. The molecule has 3 rings (SSSR count).